The number of morpholine rings is 1. The van der Waals surface area contributed by atoms with Crippen LogP contribution < -0.4 is 5.32 Å². The van der Waals surface area contributed by atoms with Crippen LogP contribution in [0, 0.1) is 5.82 Å². The monoisotopic (exact) mass is 476 g/mol. The smallest absolute Gasteiger partial charge is 0.270 e. The Bertz CT molecular complexity index is 1100. The number of amides is 1. The van der Waals surface area contributed by atoms with Crippen molar-refractivity contribution in [3.8, 4) is 16.9 Å². The molecule has 0 unspecified atom stereocenters. The van der Waals surface area contributed by atoms with Gasteiger partial charge >= 0.3 is 0 Å². The van der Waals surface area contributed by atoms with E-state index in [-0.39, 0.29) is 11.6 Å². The molecule has 0 radical (unpaired) electrons. The van der Waals surface area contributed by atoms with E-state index in [0.717, 1.165) is 39.3 Å². The van der Waals surface area contributed by atoms with Crippen LogP contribution in [0.5, 0.6) is 0 Å². The molecule has 168 valence electrons. The van der Waals surface area contributed by atoms with Gasteiger partial charge < -0.3 is 10.1 Å². The van der Waals surface area contributed by atoms with Crippen LogP contribution in [0.25, 0.3) is 16.9 Å². The van der Waals surface area contributed by atoms with E-state index in [1.165, 1.54) is 10.7 Å². The van der Waals surface area contributed by atoms with Gasteiger partial charge in [0.1, 0.15) is 11.5 Å². The number of hydrogen-bond donors (Lipinski definition) is 1. The summed E-state index contributed by atoms with van der Waals surface area (Å²) >= 11 is 12.2. The van der Waals surface area contributed by atoms with Crippen molar-refractivity contribution < 1.29 is 13.9 Å². The van der Waals surface area contributed by atoms with E-state index in [1.807, 2.05) is 0 Å². The first-order chi connectivity index (χ1) is 15.5. The summed E-state index contributed by atoms with van der Waals surface area (Å²) in [6.45, 7) is 4.70. The van der Waals surface area contributed by atoms with Crippen LogP contribution in [0.15, 0.2) is 48.5 Å². The van der Waals surface area contributed by atoms with Gasteiger partial charge in [0.2, 0.25) is 0 Å². The van der Waals surface area contributed by atoms with Crippen LogP contribution in [0.4, 0.5) is 4.39 Å². The zero-order valence-electron chi connectivity index (χ0n) is 17.4. The number of carbonyl (C=O) groups excluding carboxylic acids is 1. The number of nitrogens with zero attached hydrogens (tertiary/aromatic N) is 3. The van der Waals surface area contributed by atoms with Crippen LogP contribution in [0.3, 0.4) is 0 Å². The first-order valence-corrected chi connectivity index (χ1v) is 11.2. The van der Waals surface area contributed by atoms with E-state index in [0.29, 0.717) is 33.5 Å². The lowest BCUT2D eigenvalue weighted by Gasteiger charge is -2.26. The van der Waals surface area contributed by atoms with E-state index in [4.69, 9.17) is 27.9 Å². The van der Waals surface area contributed by atoms with Crippen molar-refractivity contribution in [2.24, 2.45) is 0 Å². The molecule has 2 heterocycles. The van der Waals surface area contributed by atoms with Gasteiger partial charge in [0.05, 0.1) is 34.6 Å². The Morgan fingerprint density at radius 1 is 1.09 bits per heavy atom. The zero-order chi connectivity index (χ0) is 22.5. The number of rotatable bonds is 7. The Kier molecular flexibility index (Phi) is 7.42. The molecule has 1 saturated heterocycles. The maximum atomic E-state index is 14.4. The lowest BCUT2D eigenvalue weighted by molar-refractivity contribution is 0.0374. The number of hydrogen-bond acceptors (Lipinski definition) is 4. The highest BCUT2D eigenvalue weighted by atomic mass is 35.5. The molecule has 3 aromatic rings. The summed E-state index contributed by atoms with van der Waals surface area (Å²) < 4.78 is 21.2. The zero-order valence-corrected chi connectivity index (χ0v) is 18.9. The molecule has 6 nitrogen and oxygen atoms in total. The first-order valence-electron chi connectivity index (χ1n) is 10.4. The third-order valence-corrected chi connectivity index (χ3v) is 6.02. The molecule has 9 heteroatoms. The van der Waals surface area contributed by atoms with Crippen molar-refractivity contribution >= 4 is 29.1 Å². The summed E-state index contributed by atoms with van der Waals surface area (Å²) in [6.07, 6.45) is 0.812. The van der Waals surface area contributed by atoms with Crippen molar-refractivity contribution in [2.75, 3.05) is 39.4 Å². The van der Waals surface area contributed by atoms with Crippen molar-refractivity contribution in [3.05, 3.63) is 70.1 Å². The number of aromatic nitrogens is 2. The number of ether oxygens (including phenoxy) is 1. The predicted octanol–water partition coefficient (Wildman–Crippen LogP) is 4.44. The second kappa shape index (κ2) is 10.4. The summed E-state index contributed by atoms with van der Waals surface area (Å²) in [6, 6.07) is 12.9. The Balaban J connectivity index is 1.55. The third-order valence-electron chi connectivity index (χ3n) is 5.28. The van der Waals surface area contributed by atoms with Crippen molar-refractivity contribution in [1.29, 1.82) is 0 Å². The topological polar surface area (TPSA) is 59.4 Å². The molecule has 0 atom stereocenters. The molecule has 0 saturated carbocycles. The largest absolute Gasteiger partial charge is 0.379 e. The third kappa shape index (κ3) is 5.30. The fourth-order valence-corrected chi connectivity index (χ4v) is 3.87. The highest BCUT2D eigenvalue weighted by Gasteiger charge is 2.20. The molecule has 1 fully saturated rings. The quantitative estimate of drug-likeness (QED) is 0.512. The summed E-state index contributed by atoms with van der Waals surface area (Å²) in [4.78, 5) is 15.3. The SMILES string of the molecule is O=C(NCCCN1CCOCC1)c1cc(-c2ccccc2F)nn1-c1ccc(Cl)c(Cl)c1. The summed E-state index contributed by atoms with van der Waals surface area (Å²) in [5.74, 6) is -0.711. The highest BCUT2D eigenvalue weighted by Crippen LogP contribution is 2.28. The van der Waals surface area contributed by atoms with Crippen molar-refractivity contribution in [2.45, 2.75) is 6.42 Å². The summed E-state index contributed by atoms with van der Waals surface area (Å²) in [5, 5.41) is 8.17. The summed E-state index contributed by atoms with van der Waals surface area (Å²) in [5.41, 5.74) is 1.51. The fourth-order valence-electron chi connectivity index (χ4n) is 3.58. The molecule has 32 heavy (non-hydrogen) atoms. The minimum Gasteiger partial charge on any atom is -0.379 e. The van der Waals surface area contributed by atoms with Crippen LogP contribution in [-0.2, 0) is 4.74 Å². The maximum absolute atomic E-state index is 14.4. The standard InChI is InChI=1S/C23H23Cl2FN4O2/c24-18-7-6-16(14-19(18)25)30-22(15-21(28-30)17-4-1-2-5-20(17)26)23(31)27-8-3-9-29-10-12-32-13-11-29/h1-2,4-7,14-15H,3,8-13H2,(H,27,31). The summed E-state index contributed by atoms with van der Waals surface area (Å²) in [7, 11) is 0. The lowest BCUT2D eigenvalue weighted by Crippen LogP contribution is -2.38. The van der Waals surface area contributed by atoms with Gasteiger partial charge in [-0.1, -0.05) is 35.3 Å². The first kappa shape index (κ1) is 22.7. The molecule has 0 aliphatic carbocycles. The molecule has 1 N–H and O–H groups in total. The van der Waals surface area contributed by atoms with Crippen LogP contribution in [0.2, 0.25) is 10.0 Å². The highest BCUT2D eigenvalue weighted by molar-refractivity contribution is 6.42. The van der Waals surface area contributed by atoms with E-state index in [2.05, 4.69) is 15.3 Å². The predicted molar refractivity (Wildman–Crippen MR) is 123 cm³/mol. The van der Waals surface area contributed by atoms with Gasteiger partial charge in [-0.15, -0.1) is 0 Å². The molecule has 4 rings (SSSR count). The number of nitrogens with one attached hydrogen (secondary N) is 1. The van der Waals surface area contributed by atoms with Crippen LogP contribution in [0.1, 0.15) is 16.9 Å². The van der Waals surface area contributed by atoms with E-state index >= 15 is 0 Å². The second-order valence-electron chi connectivity index (χ2n) is 7.47. The van der Waals surface area contributed by atoms with Gasteiger partial charge in [-0.3, -0.25) is 9.69 Å². The molecule has 1 aromatic heterocycles. The normalized spacial score (nSPS) is 14.5. The molecule has 1 amide bonds. The van der Waals surface area contributed by atoms with Gasteiger partial charge in [-0.25, -0.2) is 9.07 Å². The number of halogens is 3. The average molecular weight is 477 g/mol. The van der Waals surface area contributed by atoms with Crippen LogP contribution >= 0.6 is 23.2 Å². The second-order valence-corrected chi connectivity index (χ2v) is 8.28. The maximum Gasteiger partial charge on any atom is 0.270 e. The molecule has 2 aromatic carbocycles. The van der Waals surface area contributed by atoms with E-state index < -0.39 is 5.82 Å². The molecular weight excluding hydrogens is 454 g/mol. The Hall–Kier alpha value is -2.45. The molecule has 1 aliphatic rings. The minimum absolute atomic E-state index is 0.285. The Labute approximate surface area is 195 Å². The average Bonchev–Trinajstić information content (AvgIpc) is 3.25. The van der Waals surface area contributed by atoms with Crippen LogP contribution in [-0.4, -0.2) is 60.0 Å². The lowest BCUT2D eigenvalue weighted by atomic mass is 10.1. The molecule has 0 spiro atoms. The Morgan fingerprint density at radius 3 is 2.62 bits per heavy atom. The van der Waals surface area contributed by atoms with E-state index in [9.17, 15) is 9.18 Å². The molecular formula is C23H23Cl2FN4O2. The number of carbonyl (C=O) groups is 1. The molecule has 1 aliphatic heterocycles. The van der Waals surface area contributed by atoms with Gasteiger partial charge in [-0.05, 0) is 49.4 Å². The fraction of sp³-hybridized carbons (Fsp3) is 0.304. The van der Waals surface area contributed by atoms with E-state index in [1.54, 1.807) is 42.5 Å². The van der Waals surface area contributed by atoms with Crippen molar-refractivity contribution in [1.82, 2.24) is 20.0 Å². The van der Waals surface area contributed by atoms with Gasteiger partial charge in [0.25, 0.3) is 5.91 Å². The minimum atomic E-state index is -0.413. The Morgan fingerprint density at radius 2 is 1.88 bits per heavy atom. The van der Waals surface area contributed by atoms with Gasteiger partial charge in [-0.2, -0.15) is 5.10 Å². The van der Waals surface area contributed by atoms with Gasteiger partial charge in [0, 0.05) is 25.2 Å². The molecule has 0 bridgehead atoms. The van der Waals surface area contributed by atoms with Gasteiger partial charge in [0.15, 0.2) is 0 Å². The number of benzene rings is 2. The van der Waals surface area contributed by atoms with Crippen molar-refractivity contribution in [3.63, 3.8) is 0 Å².